The minimum absolute atomic E-state index is 0.179. The predicted octanol–water partition coefficient (Wildman–Crippen LogP) is 4.16. The molecule has 3 rings (SSSR count). The first-order valence-corrected chi connectivity index (χ1v) is 8.55. The highest BCUT2D eigenvalue weighted by Gasteiger charge is 2.32. The fraction of sp³-hybridized carbons (Fsp3) is 0.158. The molecule has 0 spiro atoms. The average Bonchev–Trinajstić information content (AvgIpc) is 2.82. The standard InChI is InChI=1S/C19H15IO4/c1-3-24-19-15(20)9-11(10-16(19)23-2)8-14-17(21)12-6-4-5-7-13(12)18(14)22/h4-10H,3H2,1-2H3. The Kier molecular flexibility index (Phi) is 4.71. The van der Waals surface area contributed by atoms with Gasteiger partial charge in [0.25, 0.3) is 0 Å². The van der Waals surface area contributed by atoms with Crippen molar-refractivity contribution in [3.8, 4) is 11.5 Å². The zero-order chi connectivity index (χ0) is 17.3. The van der Waals surface area contributed by atoms with E-state index < -0.39 is 0 Å². The lowest BCUT2D eigenvalue weighted by atomic mass is 10.1. The Morgan fingerprint density at radius 2 is 1.71 bits per heavy atom. The fourth-order valence-corrected chi connectivity index (χ4v) is 3.46. The summed E-state index contributed by atoms with van der Waals surface area (Å²) >= 11 is 2.15. The number of allylic oxidation sites excluding steroid dienone is 1. The summed E-state index contributed by atoms with van der Waals surface area (Å²) < 4.78 is 11.8. The first-order chi connectivity index (χ1) is 11.6. The van der Waals surface area contributed by atoms with Crippen molar-refractivity contribution < 1.29 is 19.1 Å². The number of hydrogen-bond donors (Lipinski definition) is 0. The summed E-state index contributed by atoms with van der Waals surface area (Å²) in [6, 6.07) is 10.5. The van der Waals surface area contributed by atoms with Gasteiger partial charge in [-0.05, 0) is 53.3 Å². The van der Waals surface area contributed by atoms with Crippen LogP contribution in [0.15, 0.2) is 42.0 Å². The molecule has 0 fully saturated rings. The molecule has 122 valence electrons. The van der Waals surface area contributed by atoms with Crippen LogP contribution in [0.5, 0.6) is 11.5 Å². The molecule has 24 heavy (non-hydrogen) atoms. The summed E-state index contributed by atoms with van der Waals surface area (Å²) in [7, 11) is 1.56. The lowest BCUT2D eigenvalue weighted by Gasteiger charge is -2.12. The van der Waals surface area contributed by atoms with Gasteiger partial charge in [0.05, 0.1) is 22.9 Å². The minimum Gasteiger partial charge on any atom is -0.493 e. The zero-order valence-electron chi connectivity index (χ0n) is 13.3. The number of ketones is 2. The number of methoxy groups -OCH3 is 1. The maximum absolute atomic E-state index is 12.5. The van der Waals surface area contributed by atoms with E-state index in [1.807, 2.05) is 13.0 Å². The summed E-state index contributed by atoms with van der Waals surface area (Å²) in [5.74, 6) is 0.762. The first kappa shape index (κ1) is 16.7. The molecule has 0 radical (unpaired) electrons. The molecule has 1 aliphatic rings. The molecule has 0 saturated heterocycles. The van der Waals surface area contributed by atoms with Gasteiger partial charge in [-0.15, -0.1) is 0 Å². The van der Waals surface area contributed by atoms with Crippen LogP contribution in [0, 0.1) is 3.57 Å². The van der Waals surface area contributed by atoms with Gasteiger partial charge >= 0.3 is 0 Å². The monoisotopic (exact) mass is 434 g/mol. The maximum atomic E-state index is 12.5. The van der Waals surface area contributed by atoms with E-state index in [-0.39, 0.29) is 17.1 Å². The summed E-state index contributed by atoms with van der Waals surface area (Å²) in [5, 5.41) is 0. The second kappa shape index (κ2) is 6.76. The Morgan fingerprint density at radius 3 is 2.25 bits per heavy atom. The molecule has 0 bridgehead atoms. The fourth-order valence-electron chi connectivity index (χ4n) is 2.68. The largest absolute Gasteiger partial charge is 0.493 e. The van der Waals surface area contributed by atoms with Gasteiger partial charge in [-0.25, -0.2) is 0 Å². The maximum Gasteiger partial charge on any atom is 0.197 e. The Labute approximate surface area is 153 Å². The van der Waals surface area contributed by atoms with Crippen molar-refractivity contribution in [2.24, 2.45) is 0 Å². The smallest absolute Gasteiger partial charge is 0.197 e. The minimum atomic E-state index is -0.238. The predicted molar refractivity (Wildman–Crippen MR) is 100.0 cm³/mol. The summed E-state index contributed by atoms with van der Waals surface area (Å²) in [5.41, 5.74) is 1.82. The first-order valence-electron chi connectivity index (χ1n) is 7.47. The average molecular weight is 434 g/mol. The third-order valence-corrected chi connectivity index (χ3v) is 4.56. The highest BCUT2D eigenvalue weighted by atomic mass is 127. The molecule has 0 aliphatic heterocycles. The number of ether oxygens (including phenoxy) is 2. The Bertz CT molecular complexity index is 831. The molecule has 0 atom stereocenters. The van der Waals surface area contributed by atoms with Crippen LogP contribution in [0.4, 0.5) is 0 Å². The summed E-state index contributed by atoms with van der Waals surface area (Å²) in [6.07, 6.45) is 1.62. The molecular formula is C19H15IO4. The summed E-state index contributed by atoms with van der Waals surface area (Å²) in [4.78, 5) is 24.9. The van der Waals surface area contributed by atoms with Crippen molar-refractivity contribution in [3.63, 3.8) is 0 Å². The van der Waals surface area contributed by atoms with E-state index in [1.165, 1.54) is 0 Å². The van der Waals surface area contributed by atoms with E-state index in [2.05, 4.69) is 22.6 Å². The molecule has 4 nitrogen and oxygen atoms in total. The van der Waals surface area contributed by atoms with Gasteiger partial charge in [0.2, 0.25) is 0 Å². The Hall–Kier alpha value is -2.15. The zero-order valence-corrected chi connectivity index (χ0v) is 15.4. The van der Waals surface area contributed by atoms with E-state index in [9.17, 15) is 9.59 Å². The SMILES string of the molecule is CCOc1c(I)cc(C=C2C(=O)c3ccccc3C2=O)cc1OC. The van der Waals surface area contributed by atoms with Crippen molar-refractivity contribution in [1.29, 1.82) is 0 Å². The highest BCUT2D eigenvalue weighted by Crippen LogP contribution is 2.35. The van der Waals surface area contributed by atoms with E-state index in [0.717, 1.165) is 9.13 Å². The van der Waals surface area contributed by atoms with Crippen LogP contribution in [0.2, 0.25) is 0 Å². The topological polar surface area (TPSA) is 52.6 Å². The van der Waals surface area contributed by atoms with Crippen molar-refractivity contribution >= 4 is 40.2 Å². The second-order valence-electron chi connectivity index (χ2n) is 5.23. The van der Waals surface area contributed by atoms with Crippen LogP contribution >= 0.6 is 22.6 Å². The van der Waals surface area contributed by atoms with E-state index in [4.69, 9.17) is 9.47 Å². The summed E-state index contributed by atoms with van der Waals surface area (Å²) in [6.45, 7) is 2.43. The van der Waals surface area contributed by atoms with Crippen LogP contribution in [-0.4, -0.2) is 25.3 Å². The number of fused-ring (bicyclic) bond motifs is 1. The molecule has 0 heterocycles. The van der Waals surface area contributed by atoms with Crippen molar-refractivity contribution in [2.45, 2.75) is 6.92 Å². The van der Waals surface area contributed by atoms with E-state index >= 15 is 0 Å². The molecular weight excluding hydrogens is 419 g/mol. The van der Waals surface area contributed by atoms with Crippen LogP contribution in [0.25, 0.3) is 6.08 Å². The molecule has 0 N–H and O–H groups in total. The van der Waals surface area contributed by atoms with Crippen molar-refractivity contribution in [3.05, 3.63) is 62.2 Å². The molecule has 0 unspecified atom stereocenters. The van der Waals surface area contributed by atoms with Crippen molar-refractivity contribution in [1.82, 2.24) is 0 Å². The van der Waals surface area contributed by atoms with Gasteiger partial charge in [0, 0.05) is 11.1 Å². The lowest BCUT2D eigenvalue weighted by molar-refractivity contribution is 0.0990. The van der Waals surface area contributed by atoms with Gasteiger partial charge in [0.1, 0.15) is 0 Å². The third-order valence-electron chi connectivity index (χ3n) is 3.76. The van der Waals surface area contributed by atoms with Gasteiger partial charge in [-0.3, -0.25) is 9.59 Å². The van der Waals surface area contributed by atoms with E-state index in [1.54, 1.807) is 43.5 Å². The van der Waals surface area contributed by atoms with Gasteiger partial charge in [0.15, 0.2) is 23.1 Å². The number of halogens is 1. The van der Waals surface area contributed by atoms with Gasteiger partial charge in [-0.1, -0.05) is 24.3 Å². The number of carbonyl (C=O) groups excluding carboxylic acids is 2. The molecule has 0 saturated carbocycles. The van der Waals surface area contributed by atoms with Gasteiger partial charge < -0.3 is 9.47 Å². The Morgan fingerprint density at radius 1 is 1.08 bits per heavy atom. The number of rotatable bonds is 4. The lowest BCUT2D eigenvalue weighted by Crippen LogP contribution is -2.01. The van der Waals surface area contributed by atoms with Crippen LogP contribution in [-0.2, 0) is 0 Å². The van der Waals surface area contributed by atoms with Crippen LogP contribution < -0.4 is 9.47 Å². The number of carbonyl (C=O) groups is 2. The third kappa shape index (κ3) is 2.84. The van der Waals surface area contributed by atoms with E-state index in [0.29, 0.717) is 29.2 Å². The normalized spacial score (nSPS) is 13.0. The number of Topliss-reactive ketones (excluding diaryl/α,β-unsaturated/α-hetero) is 2. The Balaban J connectivity index is 2.06. The van der Waals surface area contributed by atoms with Crippen LogP contribution in [0.1, 0.15) is 33.2 Å². The molecule has 2 aromatic rings. The molecule has 0 aromatic heterocycles. The molecule has 0 amide bonds. The number of benzene rings is 2. The van der Waals surface area contributed by atoms with Crippen LogP contribution in [0.3, 0.4) is 0 Å². The molecule has 2 aromatic carbocycles. The van der Waals surface area contributed by atoms with Crippen molar-refractivity contribution in [2.75, 3.05) is 13.7 Å². The van der Waals surface area contributed by atoms with Gasteiger partial charge in [-0.2, -0.15) is 0 Å². The highest BCUT2D eigenvalue weighted by molar-refractivity contribution is 14.1. The molecule has 1 aliphatic carbocycles. The number of hydrogen-bond acceptors (Lipinski definition) is 4. The second-order valence-corrected chi connectivity index (χ2v) is 6.39. The quantitative estimate of drug-likeness (QED) is 0.412. The molecule has 5 heteroatoms.